The number of hydrogen-bond acceptors (Lipinski definition) is 2. The monoisotopic (exact) mass is 322 g/mol. The van der Waals surface area contributed by atoms with E-state index >= 15 is 0 Å². The molecule has 1 aliphatic heterocycles. The lowest BCUT2D eigenvalue weighted by molar-refractivity contribution is -0.118. The number of carbonyl (C=O) groups is 2. The Kier molecular flexibility index (Phi) is 4.65. The largest absolute Gasteiger partial charge is 0.322 e. The minimum atomic E-state index is -0.136. The summed E-state index contributed by atoms with van der Waals surface area (Å²) in [5, 5.41) is 2.94. The number of hydrogen-bond donors (Lipinski definition) is 1. The average molecular weight is 322 g/mol. The molecule has 0 bridgehead atoms. The highest BCUT2D eigenvalue weighted by Crippen LogP contribution is 2.30. The van der Waals surface area contributed by atoms with Crippen molar-refractivity contribution in [3.8, 4) is 0 Å². The molecule has 4 heteroatoms. The maximum atomic E-state index is 12.4. The molecule has 1 heterocycles. The highest BCUT2D eigenvalue weighted by Gasteiger charge is 2.22. The van der Waals surface area contributed by atoms with E-state index in [1.165, 1.54) is 0 Å². The van der Waals surface area contributed by atoms with Crippen LogP contribution in [0.1, 0.15) is 41.3 Å². The van der Waals surface area contributed by atoms with Crippen LogP contribution in [-0.2, 0) is 11.2 Å². The van der Waals surface area contributed by atoms with Gasteiger partial charge in [0, 0.05) is 29.9 Å². The zero-order valence-corrected chi connectivity index (χ0v) is 14.1. The molecule has 0 unspecified atom stereocenters. The van der Waals surface area contributed by atoms with E-state index < -0.39 is 0 Å². The van der Waals surface area contributed by atoms with Crippen molar-refractivity contribution in [3.05, 3.63) is 59.2 Å². The van der Waals surface area contributed by atoms with Crippen LogP contribution in [0.2, 0.25) is 0 Å². The van der Waals surface area contributed by atoms with Gasteiger partial charge in [-0.3, -0.25) is 9.59 Å². The van der Waals surface area contributed by atoms with Gasteiger partial charge in [0.15, 0.2) is 0 Å². The summed E-state index contributed by atoms with van der Waals surface area (Å²) in [5.41, 5.74) is 4.49. The number of carbonyl (C=O) groups excluding carboxylic acids is 2. The fourth-order valence-electron chi connectivity index (χ4n) is 3.09. The first-order chi connectivity index (χ1) is 11.6. The molecule has 3 rings (SSSR count). The minimum absolute atomic E-state index is 0.123. The maximum absolute atomic E-state index is 12.4. The third-order valence-electron chi connectivity index (χ3n) is 4.35. The lowest BCUT2D eigenvalue weighted by Crippen LogP contribution is -2.35. The molecule has 0 saturated heterocycles. The second-order valence-corrected chi connectivity index (χ2v) is 6.17. The van der Waals surface area contributed by atoms with Crippen molar-refractivity contribution >= 4 is 23.2 Å². The zero-order valence-electron chi connectivity index (χ0n) is 14.1. The highest BCUT2D eigenvalue weighted by molar-refractivity contribution is 6.05. The molecule has 0 aromatic heterocycles. The van der Waals surface area contributed by atoms with Crippen molar-refractivity contribution in [2.45, 2.75) is 33.1 Å². The lowest BCUT2D eigenvalue weighted by atomic mass is 10.0. The van der Waals surface area contributed by atoms with Gasteiger partial charge in [-0.1, -0.05) is 30.7 Å². The van der Waals surface area contributed by atoms with Gasteiger partial charge in [-0.25, -0.2) is 0 Å². The van der Waals surface area contributed by atoms with Crippen LogP contribution in [0.25, 0.3) is 0 Å². The van der Waals surface area contributed by atoms with E-state index in [1.807, 2.05) is 55.1 Å². The van der Waals surface area contributed by atoms with Gasteiger partial charge < -0.3 is 10.2 Å². The molecule has 0 spiro atoms. The predicted octanol–water partition coefficient (Wildman–Crippen LogP) is 3.94. The van der Waals surface area contributed by atoms with Crippen molar-refractivity contribution in [2.75, 3.05) is 16.8 Å². The van der Waals surface area contributed by atoms with Gasteiger partial charge in [0.05, 0.1) is 0 Å². The van der Waals surface area contributed by atoms with Crippen LogP contribution in [0.4, 0.5) is 11.4 Å². The van der Waals surface area contributed by atoms with Crippen molar-refractivity contribution in [1.29, 1.82) is 0 Å². The molecular weight excluding hydrogens is 300 g/mol. The van der Waals surface area contributed by atoms with E-state index in [4.69, 9.17) is 0 Å². The van der Waals surface area contributed by atoms with Gasteiger partial charge in [-0.05, 0) is 49.6 Å². The van der Waals surface area contributed by atoms with Crippen molar-refractivity contribution in [3.63, 3.8) is 0 Å². The van der Waals surface area contributed by atoms with Crippen LogP contribution in [0.5, 0.6) is 0 Å². The molecule has 0 saturated carbocycles. The molecular formula is C20H22N2O2. The predicted molar refractivity (Wildman–Crippen MR) is 96.5 cm³/mol. The molecule has 2 amide bonds. The third kappa shape index (κ3) is 3.32. The quantitative estimate of drug-likeness (QED) is 0.930. The van der Waals surface area contributed by atoms with Crippen molar-refractivity contribution < 1.29 is 9.59 Å². The number of fused-ring (bicyclic) bond motifs is 1. The number of nitrogens with zero attached hydrogens (tertiary/aromatic N) is 1. The van der Waals surface area contributed by atoms with E-state index in [0.29, 0.717) is 12.0 Å². The van der Waals surface area contributed by atoms with Crippen LogP contribution in [0.3, 0.4) is 0 Å². The van der Waals surface area contributed by atoms with Gasteiger partial charge in [0.25, 0.3) is 5.91 Å². The first kappa shape index (κ1) is 16.2. The highest BCUT2D eigenvalue weighted by atomic mass is 16.2. The normalized spacial score (nSPS) is 13.3. The van der Waals surface area contributed by atoms with E-state index in [0.717, 1.165) is 41.9 Å². The van der Waals surface area contributed by atoms with Crippen molar-refractivity contribution in [1.82, 2.24) is 0 Å². The van der Waals surface area contributed by atoms with Crippen LogP contribution in [0, 0.1) is 6.92 Å². The Morgan fingerprint density at radius 1 is 1.17 bits per heavy atom. The molecule has 0 atom stereocenters. The number of amides is 2. The van der Waals surface area contributed by atoms with Gasteiger partial charge in [0.2, 0.25) is 5.91 Å². The van der Waals surface area contributed by atoms with Gasteiger partial charge >= 0.3 is 0 Å². The standard InChI is InChI=1S/C20H22N2O2/c1-3-19(23)22-11-5-8-15-9-10-17(13-18(15)22)21-20(24)16-7-4-6-14(2)12-16/h4,6-7,9-10,12-13H,3,5,8,11H2,1-2H3,(H,21,24). The van der Waals surface area contributed by atoms with Crippen LogP contribution in [0.15, 0.2) is 42.5 Å². The average Bonchev–Trinajstić information content (AvgIpc) is 2.60. The minimum Gasteiger partial charge on any atom is -0.322 e. The Hall–Kier alpha value is -2.62. The molecule has 4 nitrogen and oxygen atoms in total. The van der Waals surface area contributed by atoms with Gasteiger partial charge in [-0.2, -0.15) is 0 Å². The second-order valence-electron chi connectivity index (χ2n) is 6.17. The molecule has 2 aromatic rings. The summed E-state index contributed by atoms with van der Waals surface area (Å²) in [7, 11) is 0. The van der Waals surface area contributed by atoms with Crippen LogP contribution < -0.4 is 10.2 Å². The molecule has 1 aliphatic rings. The molecule has 2 aromatic carbocycles. The fraction of sp³-hybridized carbons (Fsp3) is 0.300. The number of rotatable bonds is 3. The Bertz CT molecular complexity index is 783. The van der Waals surface area contributed by atoms with E-state index in [-0.39, 0.29) is 11.8 Å². The lowest BCUT2D eigenvalue weighted by Gasteiger charge is -2.29. The summed E-state index contributed by atoms with van der Waals surface area (Å²) in [6.45, 7) is 4.58. The summed E-state index contributed by atoms with van der Waals surface area (Å²) in [4.78, 5) is 26.4. The Labute approximate surface area is 142 Å². The smallest absolute Gasteiger partial charge is 0.255 e. The molecule has 24 heavy (non-hydrogen) atoms. The topological polar surface area (TPSA) is 49.4 Å². The summed E-state index contributed by atoms with van der Waals surface area (Å²) < 4.78 is 0. The van der Waals surface area contributed by atoms with E-state index in [2.05, 4.69) is 5.32 Å². The molecule has 0 fully saturated rings. The number of anilines is 2. The summed E-state index contributed by atoms with van der Waals surface area (Å²) >= 11 is 0. The third-order valence-corrected chi connectivity index (χ3v) is 4.35. The van der Waals surface area contributed by atoms with Gasteiger partial charge in [-0.15, -0.1) is 0 Å². The first-order valence-corrected chi connectivity index (χ1v) is 8.40. The number of nitrogens with one attached hydrogen (secondary N) is 1. The summed E-state index contributed by atoms with van der Waals surface area (Å²) in [6.07, 6.45) is 2.43. The maximum Gasteiger partial charge on any atom is 0.255 e. The van der Waals surface area contributed by atoms with Crippen LogP contribution in [-0.4, -0.2) is 18.4 Å². The number of benzene rings is 2. The fourth-order valence-corrected chi connectivity index (χ4v) is 3.09. The first-order valence-electron chi connectivity index (χ1n) is 8.40. The Balaban J connectivity index is 1.85. The van der Waals surface area contributed by atoms with Gasteiger partial charge in [0.1, 0.15) is 0 Å². The molecule has 124 valence electrons. The van der Waals surface area contributed by atoms with E-state index in [9.17, 15) is 9.59 Å². The van der Waals surface area contributed by atoms with Crippen LogP contribution >= 0.6 is 0 Å². The Morgan fingerprint density at radius 3 is 2.75 bits per heavy atom. The Morgan fingerprint density at radius 2 is 2.00 bits per heavy atom. The SMILES string of the molecule is CCC(=O)N1CCCc2ccc(NC(=O)c3cccc(C)c3)cc21. The molecule has 0 radical (unpaired) electrons. The summed E-state index contributed by atoms with van der Waals surface area (Å²) in [5.74, 6) is -0.0130. The molecule has 0 aliphatic carbocycles. The zero-order chi connectivity index (χ0) is 17.1. The van der Waals surface area contributed by atoms with E-state index in [1.54, 1.807) is 6.07 Å². The number of aryl methyl sites for hydroxylation is 2. The second kappa shape index (κ2) is 6.87. The molecule has 1 N–H and O–H groups in total. The van der Waals surface area contributed by atoms with Crippen molar-refractivity contribution in [2.24, 2.45) is 0 Å². The summed E-state index contributed by atoms with van der Waals surface area (Å²) in [6, 6.07) is 13.3.